The topological polar surface area (TPSA) is 79.7 Å². The molecule has 2 aromatic rings. The number of amides is 1. The second kappa shape index (κ2) is 6.93. The summed E-state index contributed by atoms with van der Waals surface area (Å²) in [5, 5.41) is 8.95. The minimum atomic E-state index is -1.11. The van der Waals surface area contributed by atoms with Crippen molar-refractivity contribution < 1.29 is 19.4 Å². The minimum Gasteiger partial charge on any atom is -0.497 e. The summed E-state index contributed by atoms with van der Waals surface area (Å²) in [6.07, 6.45) is 3.54. The first kappa shape index (κ1) is 17.0. The van der Waals surface area contributed by atoms with Gasteiger partial charge < -0.3 is 14.7 Å². The van der Waals surface area contributed by atoms with Crippen LogP contribution in [-0.4, -0.2) is 35.1 Å². The Morgan fingerprint density at radius 3 is 2.36 bits per heavy atom. The zero-order valence-electron chi connectivity index (χ0n) is 14.2. The van der Waals surface area contributed by atoms with Gasteiger partial charge >= 0.3 is 5.97 Å². The zero-order chi connectivity index (χ0) is 18.0. The Hall–Kier alpha value is -2.89. The molecule has 1 heterocycles. The number of carbonyl (C=O) groups excluding carboxylic acids is 1. The van der Waals surface area contributed by atoms with E-state index in [9.17, 15) is 9.59 Å². The number of rotatable bonds is 6. The lowest BCUT2D eigenvalue weighted by Crippen LogP contribution is -2.40. The fourth-order valence-electron chi connectivity index (χ4n) is 2.86. The average Bonchev–Trinajstić information content (AvgIpc) is 3.47. The number of aromatic carboxylic acids is 1. The van der Waals surface area contributed by atoms with Crippen molar-refractivity contribution in [2.24, 2.45) is 5.92 Å². The molecule has 1 aromatic carbocycles. The monoisotopic (exact) mass is 340 g/mol. The summed E-state index contributed by atoms with van der Waals surface area (Å²) in [5.74, 6) is -0.0913. The predicted octanol–water partition coefficient (Wildman–Crippen LogP) is 3.23. The first-order valence-corrected chi connectivity index (χ1v) is 8.18. The normalized spacial score (nSPS) is 14.6. The lowest BCUT2D eigenvalue weighted by molar-refractivity contribution is 0.0689. The Morgan fingerprint density at radius 2 is 1.88 bits per heavy atom. The Morgan fingerprint density at radius 1 is 1.20 bits per heavy atom. The summed E-state index contributed by atoms with van der Waals surface area (Å²) in [6.45, 7) is 2.04. The van der Waals surface area contributed by atoms with E-state index in [0.717, 1.165) is 24.3 Å². The van der Waals surface area contributed by atoms with E-state index in [1.165, 1.54) is 18.3 Å². The van der Waals surface area contributed by atoms with Crippen LogP contribution in [0, 0.1) is 5.92 Å². The van der Waals surface area contributed by atoms with Gasteiger partial charge in [-0.05, 0) is 62.1 Å². The lowest BCUT2D eigenvalue weighted by Gasteiger charge is -2.29. The van der Waals surface area contributed by atoms with E-state index in [4.69, 9.17) is 9.84 Å². The number of hydrogen-bond donors (Lipinski definition) is 1. The SMILES string of the molecule is COc1ccc(N(C(=O)c2ccc(C(=O)O)nc2)C(C)C2CC2)cc1. The molecule has 6 nitrogen and oxygen atoms in total. The third-order valence-corrected chi connectivity index (χ3v) is 4.51. The highest BCUT2D eigenvalue weighted by Crippen LogP contribution is 2.37. The second-order valence-corrected chi connectivity index (χ2v) is 6.19. The molecule has 0 radical (unpaired) electrons. The first-order valence-electron chi connectivity index (χ1n) is 8.18. The number of nitrogens with zero attached hydrogens (tertiary/aromatic N) is 2. The summed E-state index contributed by atoms with van der Waals surface area (Å²) >= 11 is 0. The maximum Gasteiger partial charge on any atom is 0.354 e. The standard InChI is InChI=1S/C19H20N2O4/c1-12(13-3-4-13)21(15-6-8-16(25-2)9-7-15)18(22)14-5-10-17(19(23)24)20-11-14/h5-13H,3-4H2,1-2H3,(H,23,24). The summed E-state index contributed by atoms with van der Waals surface area (Å²) in [7, 11) is 1.60. The number of carboxylic acid groups (broad SMARTS) is 1. The van der Waals surface area contributed by atoms with Gasteiger partial charge in [0.2, 0.25) is 0 Å². The van der Waals surface area contributed by atoms with Crippen LogP contribution in [0.25, 0.3) is 0 Å². The van der Waals surface area contributed by atoms with Gasteiger partial charge in [-0.1, -0.05) is 0 Å². The summed E-state index contributed by atoms with van der Waals surface area (Å²) < 4.78 is 5.18. The van der Waals surface area contributed by atoms with Crippen molar-refractivity contribution in [3.63, 3.8) is 0 Å². The van der Waals surface area contributed by atoms with Gasteiger partial charge in [0, 0.05) is 17.9 Å². The van der Waals surface area contributed by atoms with Gasteiger partial charge in [-0.25, -0.2) is 9.78 Å². The highest BCUT2D eigenvalue weighted by atomic mass is 16.5. The van der Waals surface area contributed by atoms with Crippen LogP contribution in [0.2, 0.25) is 0 Å². The van der Waals surface area contributed by atoms with Gasteiger partial charge in [0.25, 0.3) is 5.91 Å². The van der Waals surface area contributed by atoms with Crippen LogP contribution in [0.15, 0.2) is 42.6 Å². The van der Waals surface area contributed by atoms with E-state index in [1.54, 1.807) is 12.0 Å². The lowest BCUT2D eigenvalue weighted by atomic mass is 10.1. The van der Waals surface area contributed by atoms with E-state index in [0.29, 0.717) is 11.5 Å². The maximum atomic E-state index is 13.1. The number of carboxylic acids is 1. The number of aromatic nitrogens is 1. The van der Waals surface area contributed by atoms with E-state index in [2.05, 4.69) is 4.98 Å². The third kappa shape index (κ3) is 3.63. The number of methoxy groups -OCH3 is 1. The first-order chi connectivity index (χ1) is 12.0. The second-order valence-electron chi connectivity index (χ2n) is 6.19. The average molecular weight is 340 g/mol. The van der Waals surface area contributed by atoms with Crippen molar-refractivity contribution in [2.75, 3.05) is 12.0 Å². The zero-order valence-corrected chi connectivity index (χ0v) is 14.2. The molecule has 6 heteroatoms. The summed E-state index contributed by atoms with van der Waals surface area (Å²) in [6, 6.07) is 10.3. The van der Waals surface area contributed by atoms with Crippen LogP contribution in [0.1, 0.15) is 40.6 Å². The molecule has 1 saturated carbocycles. The Bertz CT molecular complexity index is 767. The molecule has 1 N–H and O–H groups in total. The summed E-state index contributed by atoms with van der Waals surface area (Å²) in [5.41, 5.74) is 1.07. The van der Waals surface area contributed by atoms with Crippen molar-refractivity contribution in [1.82, 2.24) is 4.98 Å². The number of hydrogen-bond acceptors (Lipinski definition) is 4. The van der Waals surface area contributed by atoms with Crippen LogP contribution in [0.5, 0.6) is 5.75 Å². The molecule has 1 atom stereocenters. The number of pyridine rings is 1. The maximum absolute atomic E-state index is 13.1. The van der Waals surface area contributed by atoms with Crippen LogP contribution in [-0.2, 0) is 0 Å². The van der Waals surface area contributed by atoms with E-state index in [-0.39, 0.29) is 17.6 Å². The minimum absolute atomic E-state index is 0.0556. The number of carbonyl (C=O) groups is 2. The van der Waals surface area contributed by atoms with Gasteiger partial charge in [0.1, 0.15) is 11.4 Å². The van der Waals surface area contributed by atoms with Crippen LogP contribution < -0.4 is 9.64 Å². The van der Waals surface area contributed by atoms with E-state index < -0.39 is 5.97 Å². The van der Waals surface area contributed by atoms with Crippen molar-refractivity contribution in [3.05, 3.63) is 53.9 Å². The predicted molar refractivity (Wildman–Crippen MR) is 93.2 cm³/mol. The number of benzene rings is 1. The van der Waals surface area contributed by atoms with Crippen LogP contribution >= 0.6 is 0 Å². The number of ether oxygens (including phenoxy) is 1. The molecule has 1 fully saturated rings. The smallest absolute Gasteiger partial charge is 0.354 e. The van der Waals surface area contributed by atoms with Crippen LogP contribution in [0.3, 0.4) is 0 Å². The van der Waals surface area contributed by atoms with Crippen molar-refractivity contribution >= 4 is 17.6 Å². The quantitative estimate of drug-likeness (QED) is 0.873. The molecule has 130 valence electrons. The molecule has 0 spiro atoms. The molecule has 25 heavy (non-hydrogen) atoms. The molecular weight excluding hydrogens is 320 g/mol. The molecule has 3 rings (SSSR count). The van der Waals surface area contributed by atoms with Gasteiger partial charge in [-0.2, -0.15) is 0 Å². The highest BCUT2D eigenvalue weighted by molar-refractivity contribution is 6.06. The third-order valence-electron chi connectivity index (χ3n) is 4.51. The molecule has 0 aliphatic heterocycles. The largest absolute Gasteiger partial charge is 0.497 e. The molecule has 1 amide bonds. The van der Waals surface area contributed by atoms with Gasteiger partial charge in [0.05, 0.1) is 12.7 Å². The van der Waals surface area contributed by atoms with Gasteiger partial charge in [-0.3, -0.25) is 4.79 Å². The molecule has 1 unspecified atom stereocenters. The van der Waals surface area contributed by atoms with Crippen molar-refractivity contribution in [2.45, 2.75) is 25.8 Å². The van der Waals surface area contributed by atoms with E-state index in [1.807, 2.05) is 31.2 Å². The fraction of sp³-hybridized carbons (Fsp3) is 0.316. The summed E-state index contributed by atoms with van der Waals surface area (Å²) in [4.78, 5) is 29.6. The molecule has 0 bridgehead atoms. The van der Waals surface area contributed by atoms with Crippen molar-refractivity contribution in [3.8, 4) is 5.75 Å². The fourth-order valence-corrected chi connectivity index (χ4v) is 2.86. The molecule has 1 aliphatic carbocycles. The Balaban J connectivity index is 1.92. The Labute approximate surface area is 146 Å². The Kier molecular flexibility index (Phi) is 4.70. The van der Waals surface area contributed by atoms with Crippen molar-refractivity contribution in [1.29, 1.82) is 0 Å². The van der Waals surface area contributed by atoms with Crippen LogP contribution in [0.4, 0.5) is 5.69 Å². The molecule has 1 aliphatic rings. The molecule has 1 aromatic heterocycles. The number of anilines is 1. The van der Waals surface area contributed by atoms with Gasteiger partial charge in [0.15, 0.2) is 0 Å². The molecular formula is C19H20N2O4. The highest BCUT2D eigenvalue weighted by Gasteiger charge is 2.35. The van der Waals surface area contributed by atoms with Gasteiger partial charge in [-0.15, -0.1) is 0 Å². The molecule has 0 saturated heterocycles. The van der Waals surface area contributed by atoms with E-state index >= 15 is 0 Å².